The van der Waals surface area contributed by atoms with Gasteiger partial charge in [0.1, 0.15) is 5.02 Å². The molecule has 198 valence electrons. The molecule has 2 fully saturated rings. The largest absolute Gasteiger partial charge is 0.326 e. The van der Waals surface area contributed by atoms with Gasteiger partial charge in [-0.15, -0.1) is 0 Å². The third-order valence-corrected chi connectivity index (χ3v) is 8.57. The molecule has 0 saturated heterocycles. The highest BCUT2D eigenvalue weighted by atomic mass is 35.5. The zero-order valence-corrected chi connectivity index (χ0v) is 23.5. The highest BCUT2D eigenvalue weighted by Crippen LogP contribution is 2.56. The number of nitrogens with zero attached hydrogens (tertiary/aromatic N) is 3. The number of carbonyl (C=O) groups excluding carboxylic acids is 1. The molecule has 0 aliphatic heterocycles. The van der Waals surface area contributed by atoms with Crippen molar-refractivity contribution in [3.8, 4) is 16.9 Å². The summed E-state index contributed by atoms with van der Waals surface area (Å²) in [5.41, 5.74) is 6.06. The Bertz CT molecular complexity index is 1690. The van der Waals surface area contributed by atoms with Crippen LogP contribution in [0.25, 0.3) is 16.9 Å². The molecule has 0 radical (unpaired) electrons. The summed E-state index contributed by atoms with van der Waals surface area (Å²) in [6.45, 7) is 5.83. The van der Waals surface area contributed by atoms with Gasteiger partial charge in [-0.2, -0.15) is 0 Å². The zero-order chi connectivity index (χ0) is 27.5. The predicted molar refractivity (Wildman–Crippen MR) is 155 cm³/mol. The molecular weight excluding hydrogens is 531 g/mol. The van der Waals surface area contributed by atoms with Gasteiger partial charge in [0, 0.05) is 41.0 Å². The minimum Gasteiger partial charge on any atom is -0.326 e. The zero-order valence-electron chi connectivity index (χ0n) is 22.0. The molecule has 3 aromatic heterocycles. The average Bonchev–Trinajstić information content (AvgIpc) is 3.84. The average molecular weight is 559 g/mol. The van der Waals surface area contributed by atoms with Gasteiger partial charge in [0.25, 0.3) is 5.56 Å². The second-order valence-electron chi connectivity index (χ2n) is 11.0. The van der Waals surface area contributed by atoms with Crippen LogP contribution in [0.5, 0.6) is 0 Å². The lowest BCUT2D eigenvalue weighted by atomic mass is 10.0. The van der Waals surface area contributed by atoms with Crippen molar-refractivity contribution in [1.82, 2.24) is 14.5 Å². The van der Waals surface area contributed by atoms with Crippen molar-refractivity contribution in [2.75, 3.05) is 5.32 Å². The van der Waals surface area contributed by atoms with E-state index in [1.165, 1.54) is 0 Å². The Labute approximate surface area is 237 Å². The van der Waals surface area contributed by atoms with Gasteiger partial charge in [-0.3, -0.25) is 24.1 Å². The Hall–Kier alpha value is -3.48. The van der Waals surface area contributed by atoms with Crippen LogP contribution in [0, 0.1) is 19.3 Å². The van der Waals surface area contributed by atoms with Gasteiger partial charge in [-0.25, -0.2) is 0 Å². The minimum absolute atomic E-state index is 0.0404. The maximum Gasteiger partial charge on any atom is 0.274 e. The van der Waals surface area contributed by atoms with Crippen LogP contribution in [0.3, 0.4) is 0 Å². The molecule has 2 aliphatic rings. The van der Waals surface area contributed by atoms with E-state index in [4.69, 9.17) is 23.2 Å². The quantitative estimate of drug-likeness (QED) is 0.271. The van der Waals surface area contributed by atoms with Crippen molar-refractivity contribution in [3.63, 3.8) is 0 Å². The fraction of sp³-hybridized carbons (Fsp3) is 0.290. The number of amides is 1. The summed E-state index contributed by atoms with van der Waals surface area (Å²) in [6, 6.07) is 13.5. The number of halogens is 2. The fourth-order valence-electron chi connectivity index (χ4n) is 5.21. The van der Waals surface area contributed by atoms with Crippen molar-refractivity contribution < 1.29 is 4.79 Å². The second-order valence-corrected chi connectivity index (χ2v) is 11.8. The molecule has 2 atom stereocenters. The Kier molecular flexibility index (Phi) is 6.35. The molecule has 2 aliphatic carbocycles. The first-order chi connectivity index (χ1) is 18.6. The van der Waals surface area contributed by atoms with E-state index in [0.717, 1.165) is 58.6 Å². The molecule has 1 aromatic carbocycles. The van der Waals surface area contributed by atoms with Crippen molar-refractivity contribution in [3.05, 3.63) is 104 Å². The lowest BCUT2D eigenvalue weighted by Crippen LogP contribution is -2.23. The van der Waals surface area contributed by atoms with E-state index in [1.54, 1.807) is 17.0 Å². The van der Waals surface area contributed by atoms with E-state index in [0.29, 0.717) is 10.7 Å². The maximum atomic E-state index is 13.6. The highest BCUT2D eigenvalue weighted by Gasteiger charge is 2.45. The van der Waals surface area contributed by atoms with Crippen LogP contribution in [0.15, 0.2) is 65.8 Å². The number of rotatable bonds is 6. The Balaban J connectivity index is 1.32. The summed E-state index contributed by atoms with van der Waals surface area (Å²) in [5.74, 6) is 0.440. The van der Waals surface area contributed by atoms with Crippen molar-refractivity contribution in [2.45, 2.75) is 51.9 Å². The van der Waals surface area contributed by atoms with Crippen molar-refractivity contribution in [2.24, 2.45) is 5.41 Å². The number of anilines is 1. The summed E-state index contributed by atoms with van der Waals surface area (Å²) in [6.07, 6.45) is 7.93. The van der Waals surface area contributed by atoms with Gasteiger partial charge < -0.3 is 5.32 Å². The first-order valence-electron chi connectivity index (χ1n) is 13.1. The molecule has 0 spiro atoms. The Morgan fingerprint density at radius 1 is 1.05 bits per heavy atom. The summed E-state index contributed by atoms with van der Waals surface area (Å²) in [5, 5.41) is 3.87. The van der Waals surface area contributed by atoms with Gasteiger partial charge >= 0.3 is 0 Å². The molecule has 2 saturated carbocycles. The summed E-state index contributed by atoms with van der Waals surface area (Å²) >= 11 is 12.9. The van der Waals surface area contributed by atoms with E-state index in [9.17, 15) is 9.59 Å². The number of aryl methyl sites for hydroxylation is 2. The van der Waals surface area contributed by atoms with Crippen LogP contribution in [0.1, 0.15) is 60.4 Å². The number of aromatic nitrogens is 3. The third kappa shape index (κ3) is 4.88. The van der Waals surface area contributed by atoms with Crippen LogP contribution >= 0.6 is 23.2 Å². The van der Waals surface area contributed by atoms with Crippen LogP contribution < -0.4 is 10.9 Å². The number of hydrogen-bond acceptors (Lipinski definition) is 4. The summed E-state index contributed by atoms with van der Waals surface area (Å²) in [4.78, 5) is 35.0. The number of hydrogen-bond donors (Lipinski definition) is 1. The Morgan fingerprint density at radius 3 is 2.59 bits per heavy atom. The van der Waals surface area contributed by atoms with Gasteiger partial charge in [-0.05, 0) is 92.0 Å². The van der Waals surface area contributed by atoms with Crippen molar-refractivity contribution >= 4 is 34.8 Å². The second kappa shape index (κ2) is 9.61. The molecule has 0 bridgehead atoms. The first kappa shape index (κ1) is 25.8. The van der Waals surface area contributed by atoms with Gasteiger partial charge in [0.05, 0.1) is 16.4 Å². The van der Waals surface area contributed by atoms with Gasteiger partial charge in [0.2, 0.25) is 5.91 Å². The predicted octanol–water partition coefficient (Wildman–Crippen LogP) is 7.23. The topological polar surface area (TPSA) is 76.9 Å². The Morgan fingerprint density at radius 2 is 1.85 bits per heavy atom. The van der Waals surface area contributed by atoms with Crippen molar-refractivity contribution in [1.29, 1.82) is 0 Å². The van der Waals surface area contributed by atoms with E-state index in [1.807, 2.05) is 69.4 Å². The monoisotopic (exact) mass is 558 g/mol. The lowest BCUT2D eigenvalue weighted by molar-refractivity contribution is -0.120. The number of benzene rings is 1. The molecule has 6 nitrogen and oxygen atoms in total. The minimum atomic E-state index is -0.263. The van der Waals surface area contributed by atoms with Crippen LogP contribution in [-0.4, -0.2) is 20.4 Å². The number of carbonyl (C=O) groups is 1. The molecular formula is C31H28Cl2N4O2. The van der Waals surface area contributed by atoms with E-state index >= 15 is 0 Å². The first-order valence-corrected chi connectivity index (χ1v) is 13.8. The van der Waals surface area contributed by atoms with E-state index in [-0.39, 0.29) is 33.7 Å². The fourth-order valence-corrected chi connectivity index (χ4v) is 5.67. The van der Waals surface area contributed by atoms with E-state index in [2.05, 4.69) is 15.3 Å². The third-order valence-electron chi connectivity index (χ3n) is 7.99. The molecule has 1 amide bonds. The maximum absolute atomic E-state index is 13.6. The molecule has 4 aromatic rings. The molecule has 3 heterocycles. The summed E-state index contributed by atoms with van der Waals surface area (Å²) < 4.78 is 1.66. The molecule has 39 heavy (non-hydrogen) atoms. The van der Waals surface area contributed by atoms with Crippen LogP contribution in [0.2, 0.25) is 10.0 Å². The molecule has 6 rings (SSSR count). The molecule has 1 N–H and O–H groups in total. The van der Waals surface area contributed by atoms with Gasteiger partial charge in [0.15, 0.2) is 0 Å². The molecule has 8 heteroatoms. The normalized spacial score (nSPS) is 19.0. The van der Waals surface area contributed by atoms with Crippen LogP contribution in [-0.2, 0) is 4.79 Å². The lowest BCUT2D eigenvalue weighted by Gasteiger charge is -2.17. The standard InChI is InChI=1S/C31H28Cl2N4O2/c1-17-14-35-26(19-5-4-6-22(11-19)36-30(39)31(3)7-8-31)13-27(17)37-18(2)9-25(28(33)29(37)38)24-12-23(24)20-10-21(32)16-34-15-20/h4-6,9-11,13-16,23-24H,7-8,12H2,1-3H3,(H,36,39)/t23-,24+/m1/s1. The van der Waals surface area contributed by atoms with Gasteiger partial charge in [-0.1, -0.05) is 42.3 Å². The smallest absolute Gasteiger partial charge is 0.274 e. The van der Waals surface area contributed by atoms with E-state index < -0.39 is 0 Å². The SMILES string of the molecule is Cc1cnc(-c2cccc(NC(=O)C3(C)CC3)c2)cc1-n1c(C)cc([C@H]2C[C@@H]2c2cncc(Cl)c2)c(Cl)c1=O. The highest BCUT2D eigenvalue weighted by molar-refractivity contribution is 6.31. The number of pyridine rings is 3. The summed E-state index contributed by atoms with van der Waals surface area (Å²) in [7, 11) is 0. The molecule has 0 unspecified atom stereocenters. The van der Waals surface area contributed by atoms with Crippen LogP contribution in [0.4, 0.5) is 5.69 Å². The number of nitrogens with one attached hydrogen (secondary N) is 1.